The van der Waals surface area contributed by atoms with Crippen LogP contribution in [-0.4, -0.2) is 121 Å². The summed E-state index contributed by atoms with van der Waals surface area (Å²) in [4.78, 5) is 25.7. The van der Waals surface area contributed by atoms with Crippen LogP contribution in [0, 0.1) is 0 Å². The highest BCUT2D eigenvalue weighted by Gasteiger charge is 2.45. The van der Waals surface area contributed by atoms with Crippen molar-refractivity contribution in [2.45, 2.75) is 48.8 Å². The van der Waals surface area contributed by atoms with E-state index in [1.807, 2.05) is 0 Å². The molecule has 6 heterocycles. The molecule has 0 amide bonds. The fraction of sp³-hybridized carbons (Fsp3) is 0.500. The second-order valence-corrected chi connectivity index (χ2v) is 8.68. The predicted molar refractivity (Wildman–Crippen MR) is 124 cm³/mol. The van der Waals surface area contributed by atoms with E-state index >= 15 is 0 Å². The third-order valence-corrected chi connectivity index (χ3v) is 6.42. The second kappa shape index (κ2) is 10.3. The van der Waals surface area contributed by atoms with E-state index < -0.39 is 67.6 Å². The first-order valence-electron chi connectivity index (χ1n) is 11.4. The average molecular weight is 535 g/mol. The molecule has 2 fully saturated rings. The zero-order valence-corrected chi connectivity index (χ0v) is 19.4. The van der Waals surface area contributed by atoms with Crippen LogP contribution in [-0.2, 0) is 9.47 Å². The van der Waals surface area contributed by atoms with Crippen molar-refractivity contribution in [1.29, 1.82) is 0 Å². The van der Waals surface area contributed by atoms with Crippen molar-refractivity contribution in [2.75, 3.05) is 18.9 Å². The van der Waals surface area contributed by atoms with Gasteiger partial charge in [-0.15, -0.1) is 0 Å². The largest absolute Gasteiger partial charge is 0.394 e. The number of nitrogens with one attached hydrogen (secondary N) is 3. The van der Waals surface area contributed by atoms with Gasteiger partial charge in [-0.1, -0.05) is 0 Å². The SMILES string of the molecule is Nc1ncnc2c([C@@H]3O[C@H](CO)[C@@H](O)[C@H]3O)[nH]nc12.O=c1[nH]cnc2c([C@@H]3O[C@H](CO)[C@@H](O)[C@H]3O)[nH]nc12. The van der Waals surface area contributed by atoms with Gasteiger partial charge in [0, 0.05) is 0 Å². The second-order valence-electron chi connectivity index (χ2n) is 8.68. The average Bonchev–Trinajstić information content (AvgIpc) is 3.67. The summed E-state index contributed by atoms with van der Waals surface area (Å²) >= 11 is 0. The number of nitrogens with two attached hydrogens (primary N) is 1. The van der Waals surface area contributed by atoms with Gasteiger partial charge in [0.15, 0.2) is 16.9 Å². The molecule has 11 N–H and O–H groups in total. The van der Waals surface area contributed by atoms with Gasteiger partial charge in [0.25, 0.3) is 5.56 Å². The lowest BCUT2D eigenvalue weighted by atomic mass is 10.1. The van der Waals surface area contributed by atoms with Gasteiger partial charge >= 0.3 is 0 Å². The third kappa shape index (κ3) is 4.27. The van der Waals surface area contributed by atoms with Crippen LogP contribution in [0.1, 0.15) is 23.6 Å². The Morgan fingerprint density at radius 1 is 0.763 bits per heavy atom. The van der Waals surface area contributed by atoms with Crippen molar-refractivity contribution < 1.29 is 40.1 Å². The predicted octanol–water partition coefficient (Wildman–Crippen LogP) is -4.11. The molecule has 2 aliphatic rings. The number of fused-ring (bicyclic) bond motifs is 2. The summed E-state index contributed by atoms with van der Waals surface area (Å²) in [6.45, 7) is -0.813. The highest BCUT2D eigenvalue weighted by atomic mass is 16.6. The van der Waals surface area contributed by atoms with Gasteiger partial charge in [-0.25, -0.2) is 15.0 Å². The molecule has 18 heteroatoms. The van der Waals surface area contributed by atoms with Crippen LogP contribution in [0.3, 0.4) is 0 Å². The Labute approximate surface area is 211 Å². The van der Waals surface area contributed by atoms with Gasteiger partial charge in [0.2, 0.25) is 0 Å². The summed E-state index contributed by atoms with van der Waals surface area (Å²) in [6, 6.07) is 0. The van der Waals surface area contributed by atoms with Crippen LogP contribution in [0.4, 0.5) is 5.82 Å². The minimum atomic E-state index is -1.23. The number of hydrogen-bond acceptors (Lipinski definition) is 15. The number of rotatable bonds is 4. The smallest absolute Gasteiger partial charge is 0.279 e. The summed E-state index contributed by atoms with van der Waals surface area (Å²) in [5, 5.41) is 70.4. The molecule has 8 atom stereocenters. The number of aromatic amines is 3. The Morgan fingerprint density at radius 3 is 1.82 bits per heavy atom. The number of hydrogen-bond donors (Lipinski definition) is 10. The first-order valence-corrected chi connectivity index (χ1v) is 11.4. The maximum Gasteiger partial charge on any atom is 0.279 e. The maximum absolute atomic E-state index is 11.5. The number of aliphatic hydroxyl groups excluding tert-OH is 6. The Morgan fingerprint density at radius 2 is 1.29 bits per heavy atom. The fourth-order valence-corrected chi connectivity index (χ4v) is 4.40. The van der Waals surface area contributed by atoms with E-state index in [1.54, 1.807) is 0 Å². The lowest BCUT2D eigenvalue weighted by molar-refractivity contribution is -0.0236. The first-order chi connectivity index (χ1) is 18.3. The molecule has 0 spiro atoms. The molecular weight excluding hydrogens is 510 g/mol. The van der Waals surface area contributed by atoms with Crippen molar-refractivity contribution in [3.05, 3.63) is 34.4 Å². The van der Waals surface area contributed by atoms with Crippen LogP contribution in [0.5, 0.6) is 0 Å². The minimum absolute atomic E-state index is 0.0928. The zero-order valence-electron chi connectivity index (χ0n) is 19.4. The molecule has 4 aromatic heterocycles. The van der Waals surface area contributed by atoms with E-state index in [0.29, 0.717) is 22.4 Å². The summed E-state index contributed by atoms with van der Waals surface area (Å²) < 4.78 is 10.8. The number of nitrogens with zero attached hydrogens (tertiary/aromatic N) is 5. The monoisotopic (exact) mass is 535 g/mol. The molecule has 0 unspecified atom stereocenters. The summed E-state index contributed by atoms with van der Waals surface area (Å²) in [5.41, 5.74) is 7.07. The van der Waals surface area contributed by atoms with E-state index in [9.17, 15) is 25.2 Å². The molecule has 0 bridgehead atoms. The van der Waals surface area contributed by atoms with Gasteiger partial charge in [-0.2, -0.15) is 10.2 Å². The summed E-state index contributed by atoms with van der Waals surface area (Å²) in [5.74, 6) is 0.208. The molecule has 38 heavy (non-hydrogen) atoms. The minimum Gasteiger partial charge on any atom is -0.394 e. The van der Waals surface area contributed by atoms with E-state index in [2.05, 4.69) is 40.3 Å². The summed E-state index contributed by atoms with van der Waals surface area (Å²) in [7, 11) is 0. The number of aromatic nitrogens is 8. The molecule has 0 radical (unpaired) electrons. The van der Waals surface area contributed by atoms with Crippen LogP contribution >= 0.6 is 0 Å². The van der Waals surface area contributed by atoms with Crippen molar-refractivity contribution in [2.24, 2.45) is 0 Å². The van der Waals surface area contributed by atoms with Crippen LogP contribution in [0.2, 0.25) is 0 Å². The quantitative estimate of drug-likeness (QED) is 0.119. The number of ether oxygens (including phenoxy) is 2. The molecule has 4 aromatic rings. The van der Waals surface area contributed by atoms with Crippen LogP contribution < -0.4 is 11.3 Å². The van der Waals surface area contributed by atoms with E-state index in [4.69, 9.17) is 25.4 Å². The Bertz CT molecular complexity index is 1480. The van der Waals surface area contributed by atoms with Crippen molar-refractivity contribution in [1.82, 2.24) is 40.3 Å². The van der Waals surface area contributed by atoms with Gasteiger partial charge in [0.05, 0.1) is 30.9 Å². The number of anilines is 1. The Hall–Kier alpha value is -3.62. The highest BCUT2D eigenvalue weighted by molar-refractivity contribution is 5.85. The van der Waals surface area contributed by atoms with Crippen molar-refractivity contribution >= 4 is 27.9 Å². The van der Waals surface area contributed by atoms with Crippen molar-refractivity contribution in [3.8, 4) is 0 Å². The van der Waals surface area contributed by atoms with Crippen molar-refractivity contribution in [3.63, 3.8) is 0 Å². The molecule has 6 rings (SSSR count). The molecule has 2 saturated heterocycles. The molecule has 2 aliphatic heterocycles. The number of nitrogen functional groups attached to an aromatic ring is 1. The number of H-pyrrole nitrogens is 3. The lowest BCUT2D eigenvalue weighted by Gasteiger charge is -2.12. The lowest BCUT2D eigenvalue weighted by Crippen LogP contribution is -2.32. The number of aliphatic hydroxyl groups is 6. The van der Waals surface area contributed by atoms with E-state index in [1.165, 1.54) is 12.7 Å². The first kappa shape index (κ1) is 26.0. The maximum atomic E-state index is 11.5. The molecule has 0 aliphatic carbocycles. The fourth-order valence-electron chi connectivity index (χ4n) is 4.40. The van der Waals surface area contributed by atoms with Gasteiger partial charge < -0.3 is 50.8 Å². The molecule has 18 nitrogen and oxygen atoms in total. The topological polar surface area (TPSA) is 295 Å². The Kier molecular flexibility index (Phi) is 7.03. The highest BCUT2D eigenvalue weighted by Crippen LogP contribution is 2.36. The van der Waals surface area contributed by atoms with E-state index in [0.717, 1.165) is 0 Å². The molecule has 204 valence electrons. The van der Waals surface area contributed by atoms with Gasteiger partial charge in [-0.3, -0.25) is 15.0 Å². The van der Waals surface area contributed by atoms with Gasteiger partial charge in [-0.05, 0) is 0 Å². The van der Waals surface area contributed by atoms with E-state index in [-0.39, 0.29) is 16.9 Å². The molecule has 0 saturated carbocycles. The molecule has 0 aromatic carbocycles. The zero-order chi connectivity index (χ0) is 27.1. The Balaban J connectivity index is 0.000000155. The van der Waals surface area contributed by atoms with Crippen LogP contribution in [0.25, 0.3) is 22.1 Å². The summed E-state index contributed by atoms with van der Waals surface area (Å²) in [6.07, 6.45) is -5.83. The van der Waals surface area contributed by atoms with Crippen LogP contribution in [0.15, 0.2) is 17.4 Å². The molecular formula is C20H25N9O9. The third-order valence-electron chi connectivity index (χ3n) is 6.42. The normalized spacial score (nSPS) is 31.1. The standard InChI is InChI=1S/C10H13N5O4.C10H12N4O5/c11-10-6-4(12-2-13-10)5(14-15-6)9-8(18)7(17)3(1-16)19-9;15-1-3-7(16)8(17)9(19-3)5-4-6(14-13-5)10(18)12-2-11-4/h2-3,7-9,16-18H,1H2,(H,14,15)(H2,11,12,13);2-3,7-9,15-17H,1H2,(H,13,14)(H,11,12,18)/t2*3-,7-,8-,9+/m11/s1. The van der Waals surface area contributed by atoms with Gasteiger partial charge in [0.1, 0.15) is 66.2 Å².